The normalized spacial score (nSPS) is 31.5. The molecule has 0 saturated carbocycles. The molecule has 0 radical (unpaired) electrons. The molecule has 2 heterocycles. The summed E-state index contributed by atoms with van der Waals surface area (Å²) in [7, 11) is 0. The fraction of sp³-hybridized carbons (Fsp3) is 0.833. The summed E-state index contributed by atoms with van der Waals surface area (Å²) in [5, 5.41) is 9.13. The van der Waals surface area contributed by atoms with E-state index >= 15 is 0 Å². The average Bonchev–Trinajstić information content (AvgIpc) is 3.00. The molecule has 2 fully saturated rings. The maximum Gasteiger partial charge on any atom is 0.311 e. The average molecular weight is 257 g/mol. The third kappa shape index (κ3) is 2.49. The molecule has 0 aliphatic carbocycles. The summed E-state index contributed by atoms with van der Waals surface area (Å²) < 4.78 is 10.4. The summed E-state index contributed by atoms with van der Waals surface area (Å²) in [5.41, 5.74) is 0. The Morgan fingerprint density at radius 3 is 2.61 bits per heavy atom. The zero-order chi connectivity index (χ0) is 13.1. The second kappa shape index (κ2) is 5.67. The zero-order valence-electron chi connectivity index (χ0n) is 10.5. The van der Waals surface area contributed by atoms with Gasteiger partial charge < -0.3 is 19.5 Å². The number of hydrogen-bond acceptors (Lipinski definition) is 4. The predicted molar refractivity (Wildman–Crippen MR) is 62.0 cm³/mol. The van der Waals surface area contributed by atoms with Crippen molar-refractivity contribution < 1.29 is 24.2 Å². The third-order valence-corrected chi connectivity index (χ3v) is 3.67. The quantitative estimate of drug-likeness (QED) is 0.765. The highest BCUT2D eigenvalue weighted by atomic mass is 16.5. The monoisotopic (exact) mass is 257 g/mol. The van der Waals surface area contributed by atoms with E-state index in [0.29, 0.717) is 26.4 Å². The molecular weight excluding hydrogens is 238 g/mol. The second-order valence-corrected chi connectivity index (χ2v) is 4.73. The lowest BCUT2D eigenvalue weighted by Crippen LogP contribution is -2.48. The Morgan fingerprint density at radius 2 is 2.06 bits per heavy atom. The van der Waals surface area contributed by atoms with Gasteiger partial charge in [-0.2, -0.15) is 0 Å². The highest BCUT2D eigenvalue weighted by Crippen LogP contribution is 2.24. The number of carboxylic acid groups (broad SMARTS) is 1. The van der Waals surface area contributed by atoms with Gasteiger partial charge in [0, 0.05) is 13.2 Å². The van der Waals surface area contributed by atoms with E-state index in [2.05, 4.69) is 0 Å². The van der Waals surface area contributed by atoms with Crippen molar-refractivity contribution in [2.75, 3.05) is 33.0 Å². The van der Waals surface area contributed by atoms with Crippen LogP contribution in [0.15, 0.2) is 0 Å². The van der Waals surface area contributed by atoms with Crippen LogP contribution in [0.5, 0.6) is 0 Å². The van der Waals surface area contributed by atoms with E-state index in [1.54, 1.807) is 4.90 Å². The lowest BCUT2D eigenvalue weighted by molar-refractivity contribution is -0.146. The Labute approximate surface area is 106 Å². The minimum atomic E-state index is -0.897. The van der Waals surface area contributed by atoms with Crippen LogP contribution in [0.4, 0.5) is 0 Å². The zero-order valence-corrected chi connectivity index (χ0v) is 10.5. The SMILES string of the molecule is CCN(C(=O)C1CCOC1)C1COCC1C(=O)O. The number of aliphatic carboxylic acids is 1. The Bertz CT molecular complexity index is 326. The number of amides is 1. The Balaban J connectivity index is 2.07. The highest BCUT2D eigenvalue weighted by molar-refractivity contribution is 5.81. The van der Waals surface area contributed by atoms with Gasteiger partial charge in [0.15, 0.2) is 0 Å². The van der Waals surface area contributed by atoms with E-state index < -0.39 is 11.9 Å². The van der Waals surface area contributed by atoms with Gasteiger partial charge >= 0.3 is 5.97 Å². The van der Waals surface area contributed by atoms with Crippen molar-refractivity contribution in [3.63, 3.8) is 0 Å². The topological polar surface area (TPSA) is 76.1 Å². The largest absolute Gasteiger partial charge is 0.481 e. The van der Waals surface area contributed by atoms with Crippen LogP contribution in [0.25, 0.3) is 0 Å². The summed E-state index contributed by atoms with van der Waals surface area (Å²) >= 11 is 0. The molecule has 18 heavy (non-hydrogen) atoms. The number of hydrogen-bond donors (Lipinski definition) is 1. The van der Waals surface area contributed by atoms with Gasteiger partial charge in [0.1, 0.15) is 5.92 Å². The lowest BCUT2D eigenvalue weighted by Gasteiger charge is -2.31. The number of carboxylic acids is 1. The van der Waals surface area contributed by atoms with Gasteiger partial charge in [0.2, 0.25) is 5.91 Å². The number of likely N-dealkylation sites (N-methyl/N-ethyl adjacent to an activating group) is 1. The molecule has 0 spiro atoms. The fourth-order valence-corrected chi connectivity index (χ4v) is 2.60. The first-order valence-corrected chi connectivity index (χ1v) is 6.34. The van der Waals surface area contributed by atoms with Crippen molar-refractivity contribution in [3.05, 3.63) is 0 Å². The minimum Gasteiger partial charge on any atom is -0.481 e. The van der Waals surface area contributed by atoms with Gasteiger partial charge in [-0.1, -0.05) is 0 Å². The second-order valence-electron chi connectivity index (χ2n) is 4.73. The first kappa shape index (κ1) is 13.3. The summed E-state index contributed by atoms with van der Waals surface area (Å²) in [6.07, 6.45) is 0.723. The number of carbonyl (C=O) groups is 2. The number of rotatable bonds is 4. The molecule has 2 saturated heterocycles. The molecule has 6 heteroatoms. The Morgan fingerprint density at radius 1 is 1.28 bits per heavy atom. The van der Waals surface area contributed by atoms with Crippen molar-refractivity contribution >= 4 is 11.9 Å². The maximum atomic E-state index is 12.3. The molecule has 2 rings (SSSR count). The van der Waals surface area contributed by atoms with Crippen molar-refractivity contribution in [3.8, 4) is 0 Å². The van der Waals surface area contributed by atoms with Gasteiger partial charge in [-0.3, -0.25) is 9.59 Å². The number of nitrogens with zero attached hydrogens (tertiary/aromatic N) is 1. The van der Waals surface area contributed by atoms with Gasteiger partial charge in [0.05, 0.1) is 31.8 Å². The Hall–Kier alpha value is -1.14. The van der Waals surface area contributed by atoms with Gasteiger partial charge in [-0.15, -0.1) is 0 Å². The smallest absolute Gasteiger partial charge is 0.311 e. The molecule has 2 aliphatic heterocycles. The molecule has 3 unspecified atom stereocenters. The molecule has 2 aliphatic rings. The first-order chi connectivity index (χ1) is 8.65. The lowest BCUT2D eigenvalue weighted by atomic mass is 9.99. The molecule has 3 atom stereocenters. The molecule has 102 valence electrons. The van der Waals surface area contributed by atoms with E-state index in [9.17, 15) is 9.59 Å². The van der Waals surface area contributed by atoms with Crippen LogP contribution >= 0.6 is 0 Å². The van der Waals surface area contributed by atoms with Crippen molar-refractivity contribution in [2.45, 2.75) is 19.4 Å². The van der Waals surface area contributed by atoms with E-state index in [1.807, 2.05) is 6.92 Å². The van der Waals surface area contributed by atoms with E-state index in [4.69, 9.17) is 14.6 Å². The Kier molecular flexibility index (Phi) is 4.19. The fourth-order valence-electron chi connectivity index (χ4n) is 2.60. The van der Waals surface area contributed by atoms with Crippen LogP contribution < -0.4 is 0 Å². The molecule has 1 amide bonds. The van der Waals surface area contributed by atoms with E-state index in [1.165, 1.54) is 0 Å². The molecule has 6 nitrogen and oxygen atoms in total. The maximum absolute atomic E-state index is 12.3. The van der Waals surface area contributed by atoms with E-state index in [0.717, 1.165) is 6.42 Å². The summed E-state index contributed by atoms with van der Waals surface area (Å²) in [4.78, 5) is 25.1. The van der Waals surface area contributed by atoms with Gasteiger partial charge in [0.25, 0.3) is 0 Å². The number of carbonyl (C=O) groups excluding carboxylic acids is 1. The molecule has 0 aromatic rings. The van der Waals surface area contributed by atoms with Gasteiger partial charge in [-0.05, 0) is 13.3 Å². The van der Waals surface area contributed by atoms with Crippen LogP contribution in [-0.4, -0.2) is 60.9 Å². The summed E-state index contributed by atoms with van der Waals surface area (Å²) in [5.74, 6) is -1.64. The molecule has 1 N–H and O–H groups in total. The molecule has 0 aromatic carbocycles. The minimum absolute atomic E-state index is 0.00301. The van der Waals surface area contributed by atoms with Crippen LogP contribution in [-0.2, 0) is 19.1 Å². The standard InChI is InChI=1S/C12H19NO5/c1-2-13(11(14)8-3-4-17-5-8)10-7-18-6-9(10)12(15)16/h8-10H,2-7H2,1H3,(H,15,16). The summed E-state index contributed by atoms with van der Waals surface area (Å²) in [6, 6.07) is -0.347. The molecule has 0 aromatic heterocycles. The highest BCUT2D eigenvalue weighted by Gasteiger charge is 2.41. The van der Waals surface area contributed by atoms with Crippen LogP contribution in [0.3, 0.4) is 0 Å². The van der Waals surface area contributed by atoms with Crippen LogP contribution in [0, 0.1) is 11.8 Å². The van der Waals surface area contributed by atoms with Crippen LogP contribution in [0.1, 0.15) is 13.3 Å². The molecular formula is C12H19NO5. The van der Waals surface area contributed by atoms with Crippen molar-refractivity contribution in [1.29, 1.82) is 0 Å². The van der Waals surface area contributed by atoms with Crippen molar-refractivity contribution in [1.82, 2.24) is 4.90 Å². The first-order valence-electron chi connectivity index (χ1n) is 6.34. The van der Waals surface area contributed by atoms with E-state index in [-0.39, 0.29) is 24.5 Å². The third-order valence-electron chi connectivity index (χ3n) is 3.67. The van der Waals surface area contributed by atoms with Gasteiger partial charge in [-0.25, -0.2) is 0 Å². The van der Waals surface area contributed by atoms with Crippen LogP contribution in [0.2, 0.25) is 0 Å². The van der Waals surface area contributed by atoms with Crippen molar-refractivity contribution in [2.24, 2.45) is 11.8 Å². The molecule has 0 bridgehead atoms. The predicted octanol–water partition coefficient (Wildman–Crippen LogP) is -0.0290. The summed E-state index contributed by atoms with van der Waals surface area (Å²) in [6.45, 7) is 3.92. The number of ether oxygens (including phenoxy) is 2.